The van der Waals surface area contributed by atoms with E-state index in [1.165, 1.54) is 26.4 Å². The molecule has 0 unspecified atom stereocenters. The molecule has 0 bridgehead atoms. The maximum Gasteiger partial charge on any atom is 0.340 e. The highest BCUT2D eigenvalue weighted by atomic mass is 16.5. The van der Waals surface area contributed by atoms with Crippen molar-refractivity contribution < 1.29 is 19.0 Å². The van der Waals surface area contributed by atoms with E-state index in [1.807, 2.05) is 6.92 Å². The summed E-state index contributed by atoms with van der Waals surface area (Å²) in [6, 6.07) is 3.06. The SMILES string of the molecule is CCOc1cc(C(=O)OC)c(N)cc1OC. The van der Waals surface area contributed by atoms with E-state index < -0.39 is 5.97 Å². The molecule has 0 aliphatic carbocycles. The molecule has 16 heavy (non-hydrogen) atoms. The molecule has 0 amide bonds. The Morgan fingerprint density at radius 3 is 2.50 bits per heavy atom. The summed E-state index contributed by atoms with van der Waals surface area (Å²) in [6.45, 7) is 2.31. The van der Waals surface area contributed by atoms with Crippen LogP contribution in [0.5, 0.6) is 11.5 Å². The molecule has 0 atom stereocenters. The highest BCUT2D eigenvalue weighted by molar-refractivity contribution is 5.96. The van der Waals surface area contributed by atoms with Crippen LogP contribution in [0.25, 0.3) is 0 Å². The first-order valence-electron chi connectivity index (χ1n) is 4.82. The smallest absolute Gasteiger partial charge is 0.340 e. The zero-order chi connectivity index (χ0) is 12.1. The molecule has 0 aliphatic heterocycles. The van der Waals surface area contributed by atoms with Gasteiger partial charge in [0.25, 0.3) is 0 Å². The van der Waals surface area contributed by atoms with E-state index in [1.54, 1.807) is 0 Å². The van der Waals surface area contributed by atoms with Crippen molar-refractivity contribution in [2.45, 2.75) is 6.92 Å². The van der Waals surface area contributed by atoms with Gasteiger partial charge in [-0.2, -0.15) is 0 Å². The largest absolute Gasteiger partial charge is 0.493 e. The Morgan fingerprint density at radius 2 is 2.00 bits per heavy atom. The number of anilines is 1. The molecular weight excluding hydrogens is 210 g/mol. The van der Waals surface area contributed by atoms with Crippen molar-refractivity contribution >= 4 is 11.7 Å². The zero-order valence-corrected chi connectivity index (χ0v) is 9.57. The lowest BCUT2D eigenvalue weighted by Gasteiger charge is -2.12. The number of methoxy groups -OCH3 is 2. The fraction of sp³-hybridized carbons (Fsp3) is 0.364. The second-order valence-electron chi connectivity index (χ2n) is 3.01. The Balaban J connectivity index is 3.21. The Bertz CT molecular complexity index is 390. The van der Waals surface area contributed by atoms with E-state index >= 15 is 0 Å². The van der Waals surface area contributed by atoms with Crippen LogP contribution in [0.3, 0.4) is 0 Å². The van der Waals surface area contributed by atoms with Gasteiger partial charge in [0, 0.05) is 12.1 Å². The monoisotopic (exact) mass is 225 g/mol. The van der Waals surface area contributed by atoms with Gasteiger partial charge in [0.2, 0.25) is 0 Å². The second-order valence-corrected chi connectivity index (χ2v) is 3.01. The number of carbonyl (C=O) groups is 1. The lowest BCUT2D eigenvalue weighted by Crippen LogP contribution is -2.07. The third-order valence-corrected chi connectivity index (χ3v) is 2.04. The number of esters is 1. The highest BCUT2D eigenvalue weighted by Crippen LogP contribution is 2.32. The normalized spacial score (nSPS) is 9.69. The number of benzene rings is 1. The molecule has 1 rings (SSSR count). The molecule has 1 aromatic rings. The number of carbonyl (C=O) groups excluding carboxylic acids is 1. The average molecular weight is 225 g/mol. The van der Waals surface area contributed by atoms with Crippen LogP contribution in [-0.4, -0.2) is 26.8 Å². The predicted molar refractivity (Wildman–Crippen MR) is 59.9 cm³/mol. The number of hydrogen-bond donors (Lipinski definition) is 1. The standard InChI is InChI=1S/C11H15NO4/c1-4-16-10-5-7(11(13)15-3)8(12)6-9(10)14-2/h5-6H,4,12H2,1-3H3. The fourth-order valence-corrected chi connectivity index (χ4v) is 1.29. The molecule has 0 aromatic heterocycles. The summed E-state index contributed by atoms with van der Waals surface area (Å²) in [5.74, 6) is 0.465. The molecule has 0 fully saturated rings. The molecule has 5 nitrogen and oxygen atoms in total. The maximum absolute atomic E-state index is 11.4. The Labute approximate surface area is 94.1 Å². The predicted octanol–water partition coefficient (Wildman–Crippen LogP) is 1.46. The van der Waals surface area contributed by atoms with E-state index in [-0.39, 0.29) is 5.56 Å². The van der Waals surface area contributed by atoms with Crippen molar-refractivity contribution in [3.8, 4) is 11.5 Å². The van der Waals surface area contributed by atoms with Crippen molar-refractivity contribution in [2.24, 2.45) is 0 Å². The van der Waals surface area contributed by atoms with Gasteiger partial charge in [-0.1, -0.05) is 0 Å². The summed E-state index contributed by atoms with van der Waals surface area (Å²) in [7, 11) is 2.81. The van der Waals surface area contributed by atoms with E-state index in [2.05, 4.69) is 4.74 Å². The Kier molecular flexibility index (Phi) is 3.99. The molecule has 0 radical (unpaired) electrons. The quantitative estimate of drug-likeness (QED) is 0.620. The Morgan fingerprint density at radius 1 is 1.31 bits per heavy atom. The molecule has 1 aromatic carbocycles. The minimum Gasteiger partial charge on any atom is -0.493 e. The van der Waals surface area contributed by atoms with Crippen LogP contribution < -0.4 is 15.2 Å². The van der Waals surface area contributed by atoms with Gasteiger partial charge in [-0.3, -0.25) is 0 Å². The first kappa shape index (κ1) is 12.2. The average Bonchev–Trinajstić information content (AvgIpc) is 2.30. The first-order valence-corrected chi connectivity index (χ1v) is 4.82. The maximum atomic E-state index is 11.4. The van der Waals surface area contributed by atoms with E-state index in [4.69, 9.17) is 15.2 Å². The van der Waals surface area contributed by atoms with Gasteiger partial charge in [0.1, 0.15) is 0 Å². The number of rotatable bonds is 4. The van der Waals surface area contributed by atoms with Crippen LogP contribution in [0.4, 0.5) is 5.69 Å². The third kappa shape index (κ3) is 2.36. The highest BCUT2D eigenvalue weighted by Gasteiger charge is 2.15. The molecule has 0 saturated carbocycles. The molecule has 0 heterocycles. The van der Waals surface area contributed by atoms with E-state index in [0.717, 1.165) is 0 Å². The molecule has 5 heteroatoms. The van der Waals surface area contributed by atoms with Gasteiger partial charge in [0.15, 0.2) is 11.5 Å². The molecule has 0 saturated heterocycles. The van der Waals surface area contributed by atoms with E-state index in [9.17, 15) is 4.79 Å². The summed E-state index contributed by atoms with van der Waals surface area (Å²) in [5.41, 5.74) is 6.27. The summed E-state index contributed by atoms with van der Waals surface area (Å²) in [6.07, 6.45) is 0. The molecule has 88 valence electrons. The summed E-state index contributed by atoms with van der Waals surface area (Å²) in [4.78, 5) is 11.4. The van der Waals surface area contributed by atoms with Gasteiger partial charge >= 0.3 is 5.97 Å². The van der Waals surface area contributed by atoms with Crippen molar-refractivity contribution in [1.29, 1.82) is 0 Å². The van der Waals surface area contributed by atoms with E-state index in [0.29, 0.717) is 23.8 Å². The lowest BCUT2D eigenvalue weighted by atomic mass is 10.1. The molecule has 0 aliphatic rings. The number of hydrogen-bond acceptors (Lipinski definition) is 5. The van der Waals surface area contributed by atoms with Gasteiger partial charge in [-0.05, 0) is 6.92 Å². The van der Waals surface area contributed by atoms with Crippen molar-refractivity contribution in [2.75, 3.05) is 26.6 Å². The number of nitrogen functional groups attached to an aromatic ring is 1. The summed E-state index contributed by atoms with van der Waals surface area (Å²) in [5, 5.41) is 0. The Hall–Kier alpha value is -1.91. The van der Waals surface area contributed by atoms with Crippen LogP contribution in [0.15, 0.2) is 12.1 Å². The van der Waals surface area contributed by atoms with Crippen molar-refractivity contribution in [3.63, 3.8) is 0 Å². The third-order valence-electron chi connectivity index (χ3n) is 2.04. The van der Waals surface area contributed by atoms with Crippen molar-refractivity contribution in [3.05, 3.63) is 17.7 Å². The zero-order valence-electron chi connectivity index (χ0n) is 9.57. The van der Waals surface area contributed by atoms with Gasteiger partial charge < -0.3 is 19.9 Å². The lowest BCUT2D eigenvalue weighted by molar-refractivity contribution is 0.0601. The molecule has 0 spiro atoms. The van der Waals surface area contributed by atoms with Crippen LogP contribution >= 0.6 is 0 Å². The van der Waals surface area contributed by atoms with Gasteiger partial charge in [0.05, 0.1) is 32.1 Å². The molecular formula is C11H15NO4. The fourth-order valence-electron chi connectivity index (χ4n) is 1.29. The van der Waals surface area contributed by atoms with Crippen LogP contribution in [0.2, 0.25) is 0 Å². The summed E-state index contributed by atoms with van der Waals surface area (Å²) >= 11 is 0. The van der Waals surface area contributed by atoms with Crippen LogP contribution in [0, 0.1) is 0 Å². The van der Waals surface area contributed by atoms with Gasteiger partial charge in [-0.25, -0.2) is 4.79 Å². The second kappa shape index (κ2) is 5.25. The number of ether oxygens (including phenoxy) is 3. The van der Waals surface area contributed by atoms with Crippen molar-refractivity contribution in [1.82, 2.24) is 0 Å². The minimum absolute atomic E-state index is 0.270. The topological polar surface area (TPSA) is 70.8 Å². The first-order chi connectivity index (χ1) is 7.63. The van der Waals surface area contributed by atoms with Crippen LogP contribution in [-0.2, 0) is 4.74 Å². The number of nitrogens with two attached hydrogens (primary N) is 1. The molecule has 2 N–H and O–H groups in total. The summed E-state index contributed by atoms with van der Waals surface area (Å²) < 4.78 is 15.0. The van der Waals surface area contributed by atoms with Gasteiger partial charge in [-0.15, -0.1) is 0 Å². The minimum atomic E-state index is -0.499. The van der Waals surface area contributed by atoms with Crippen LogP contribution in [0.1, 0.15) is 17.3 Å².